The molecule has 0 aromatic heterocycles. The van der Waals surface area contributed by atoms with Crippen LogP contribution < -0.4 is 5.32 Å². The van der Waals surface area contributed by atoms with Crippen LogP contribution in [-0.4, -0.2) is 17.6 Å². The Morgan fingerprint density at radius 1 is 1.56 bits per heavy atom. The number of anilines is 1. The van der Waals surface area contributed by atoms with Gasteiger partial charge in [0.25, 0.3) is 0 Å². The quantitative estimate of drug-likeness (QED) is 0.612. The van der Waals surface area contributed by atoms with Crippen LogP contribution in [0.3, 0.4) is 0 Å². The average molecular weight is 240 g/mol. The Morgan fingerprint density at radius 2 is 2.31 bits per heavy atom. The highest BCUT2D eigenvalue weighted by atomic mass is 35.5. The largest absolute Gasteiger partial charge is 0.478 e. The van der Waals surface area contributed by atoms with Gasteiger partial charge in [0.15, 0.2) is 0 Å². The van der Waals surface area contributed by atoms with E-state index in [2.05, 4.69) is 5.32 Å². The Hall–Kier alpha value is -1.48. The SMILES string of the molecule is C/C=C/CCNc1cc(Cl)ccc1C(=O)O. The second-order valence-corrected chi connectivity index (χ2v) is 3.72. The normalized spacial score (nSPS) is 10.6. The van der Waals surface area contributed by atoms with Gasteiger partial charge in [-0.1, -0.05) is 23.8 Å². The first-order chi connectivity index (χ1) is 7.65. The summed E-state index contributed by atoms with van der Waals surface area (Å²) in [5, 5.41) is 12.5. The van der Waals surface area contributed by atoms with E-state index in [-0.39, 0.29) is 5.56 Å². The molecule has 0 aliphatic heterocycles. The Balaban J connectivity index is 2.76. The van der Waals surface area contributed by atoms with Gasteiger partial charge in [0, 0.05) is 11.6 Å². The van der Waals surface area contributed by atoms with E-state index in [0.29, 0.717) is 17.3 Å². The molecule has 0 saturated carbocycles. The highest BCUT2D eigenvalue weighted by Gasteiger charge is 2.09. The first-order valence-corrected chi connectivity index (χ1v) is 5.41. The van der Waals surface area contributed by atoms with Crippen molar-refractivity contribution in [3.8, 4) is 0 Å². The van der Waals surface area contributed by atoms with Gasteiger partial charge in [-0.3, -0.25) is 0 Å². The van der Waals surface area contributed by atoms with Crippen molar-refractivity contribution in [1.82, 2.24) is 0 Å². The van der Waals surface area contributed by atoms with Crippen LogP contribution in [0.25, 0.3) is 0 Å². The van der Waals surface area contributed by atoms with E-state index in [1.165, 1.54) is 6.07 Å². The minimum absolute atomic E-state index is 0.241. The maximum absolute atomic E-state index is 10.9. The smallest absolute Gasteiger partial charge is 0.337 e. The van der Waals surface area contributed by atoms with Crippen molar-refractivity contribution in [2.45, 2.75) is 13.3 Å². The maximum Gasteiger partial charge on any atom is 0.337 e. The lowest BCUT2D eigenvalue weighted by Crippen LogP contribution is -2.07. The van der Waals surface area contributed by atoms with E-state index in [4.69, 9.17) is 16.7 Å². The number of halogens is 1. The zero-order valence-corrected chi connectivity index (χ0v) is 9.79. The fourth-order valence-electron chi connectivity index (χ4n) is 1.31. The third kappa shape index (κ3) is 3.59. The minimum atomic E-state index is -0.954. The van der Waals surface area contributed by atoms with E-state index in [1.807, 2.05) is 19.1 Å². The fraction of sp³-hybridized carbons (Fsp3) is 0.250. The summed E-state index contributed by atoms with van der Waals surface area (Å²) < 4.78 is 0. The Kier molecular flexibility index (Phi) is 4.86. The highest BCUT2D eigenvalue weighted by Crippen LogP contribution is 2.21. The molecule has 86 valence electrons. The number of hydrogen-bond acceptors (Lipinski definition) is 2. The van der Waals surface area contributed by atoms with Gasteiger partial charge in [0.2, 0.25) is 0 Å². The van der Waals surface area contributed by atoms with E-state index in [0.717, 1.165) is 6.42 Å². The molecule has 1 aromatic carbocycles. The highest BCUT2D eigenvalue weighted by molar-refractivity contribution is 6.31. The van der Waals surface area contributed by atoms with Crippen molar-refractivity contribution in [2.24, 2.45) is 0 Å². The molecule has 0 spiro atoms. The van der Waals surface area contributed by atoms with Crippen LogP contribution in [0.4, 0.5) is 5.69 Å². The summed E-state index contributed by atoms with van der Waals surface area (Å²) >= 11 is 5.81. The molecule has 0 aliphatic rings. The third-order valence-corrected chi connectivity index (χ3v) is 2.31. The van der Waals surface area contributed by atoms with Gasteiger partial charge in [0.05, 0.1) is 11.3 Å². The maximum atomic E-state index is 10.9. The van der Waals surface area contributed by atoms with Gasteiger partial charge < -0.3 is 10.4 Å². The number of carbonyl (C=O) groups is 1. The summed E-state index contributed by atoms with van der Waals surface area (Å²) in [4.78, 5) is 10.9. The lowest BCUT2D eigenvalue weighted by Gasteiger charge is -2.08. The van der Waals surface area contributed by atoms with Gasteiger partial charge in [-0.15, -0.1) is 0 Å². The first-order valence-electron chi connectivity index (χ1n) is 5.03. The molecule has 2 N–H and O–H groups in total. The molecular formula is C12H14ClNO2. The van der Waals surface area contributed by atoms with Gasteiger partial charge in [-0.25, -0.2) is 4.79 Å². The molecule has 0 bridgehead atoms. The number of aromatic carboxylic acids is 1. The molecule has 0 saturated heterocycles. The number of hydrogen-bond donors (Lipinski definition) is 2. The molecule has 0 radical (unpaired) electrons. The first kappa shape index (κ1) is 12.6. The summed E-state index contributed by atoms with van der Waals surface area (Å²) in [5.74, 6) is -0.954. The Bertz CT molecular complexity index is 402. The molecule has 0 amide bonds. The van der Waals surface area contributed by atoms with E-state index < -0.39 is 5.97 Å². The van der Waals surface area contributed by atoms with Crippen LogP contribution >= 0.6 is 11.6 Å². The van der Waals surface area contributed by atoms with Crippen LogP contribution in [0.5, 0.6) is 0 Å². The molecule has 0 fully saturated rings. The number of benzene rings is 1. The zero-order valence-electron chi connectivity index (χ0n) is 9.03. The lowest BCUT2D eigenvalue weighted by atomic mass is 10.2. The second kappa shape index (κ2) is 6.18. The van der Waals surface area contributed by atoms with Crippen LogP contribution in [0.2, 0.25) is 5.02 Å². The number of rotatable bonds is 5. The van der Waals surface area contributed by atoms with Crippen molar-refractivity contribution >= 4 is 23.3 Å². The van der Waals surface area contributed by atoms with Crippen molar-refractivity contribution < 1.29 is 9.90 Å². The van der Waals surface area contributed by atoms with Crippen LogP contribution in [0.1, 0.15) is 23.7 Å². The summed E-state index contributed by atoms with van der Waals surface area (Å²) in [6.45, 7) is 2.63. The zero-order chi connectivity index (χ0) is 12.0. The van der Waals surface area contributed by atoms with E-state index in [1.54, 1.807) is 12.1 Å². The summed E-state index contributed by atoms with van der Waals surface area (Å²) in [7, 11) is 0. The summed E-state index contributed by atoms with van der Waals surface area (Å²) in [6.07, 6.45) is 4.82. The van der Waals surface area contributed by atoms with Crippen LogP contribution in [0.15, 0.2) is 30.4 Å². The Labute approximate surface area is 99.7 Å². The van der Waals surface area contributed by atoms with Gasteiger partial charge in [-0.05, 0) is 31.5 Å². The second-order valence-electron chi connectivity index (χ2n) is 3.28. The van der Waals surface area contributed by atoms with Crippen molar-refractivity contribution in [1.29, 1.82) is 0 Å². The molecule has 4 heteroatoms. The molecule has 0 heterocycles. The van der Waals surface area contributed by atoms with Gasteiger partial charge in [0.1, 0.15) is 0 Å². The average Bonchev–Trinajstić information content (AvgIpc) is 2.24. The van der Waals surface area contributed by atoms with E-state index in [9.17, 15) is 4.79 Å². The van der Waals surface area contributed by atoms with E-state index >= 15 is 0 Å². The predicted molar refractivity (Wildman–Crippen MR) is 66.3 cm³/mol. The van der Waals surface area contributed by atoms with Crippen LogP contribution in [-0.2, 0) is 0 Å². The Morgan fingerprint density at radius 3 is 2.94 bits per heavy atom. The topological polar surface area (TPSA) is 49.3 Å². The standard InChI is InChI=1S/C12H14ClNO2/c1-2-3-4-7-14-11-8-9(13)5-6-10(11)12(15)16/h2-3,5-6,8,14H,4,7H2,1H3,(H,15,16)/b3-2+. The molecule has 0 unspecified atom stereocenters. The summed E-state index contributed by atoms with van der Waals surface area (Å²) in [6, 6.07) is 4.70. The third-order valence-electron chi connectivity index (χ3n) is 2.07. The number of allylic oxidation sites excluding steroid dienone is 1. The van der Waals surface area contributed by atoms with Gasteiger partial charge >= 0.3 is 5.97 Å². The monoisotopic (exact) mass is 239 g/mol. The predicted octanol–water partition coefficient (Wildman–Crippen LogP) is 3.42. The fourth-order valence-corrected chi connectivity index (χ4v) is 1.48. The number of nitrogens with one attached hydrogen (secondary N) is 1. The van der Waals surface area contributed by atoms with Gasteiger partial charge in [-0.2, -0.15) is 0 Å². The van der Waals surface area contributed by atoms with Crippen LogP contribution in [0, 0.1) is 0 Å². The number of carboxylic acid groups (broad SMARTS) is 1. The van der Waals surface area contributed by atoms with Crippen molar-refractivity contribution in [3.63, 3.8) is 0 Å². The molecule has 1 aromatic rings. The van der Waals surface area contributed by atoms with Crippen molar-refractivity contribution in [3.05, 3.63) is 40.9 Å². The summed E-state index contributed by atoms with van der Waals surface area (Å²) in [5.41, 5.74) is 0.800. The van der Waals surface area contributed by atoms with Crippen molar-refractivity contribution in [2.75, 3.05) is 11.9 Å². The number of carboxylic acids is 1. The molecular weight excluding hydrogens is 226 g/mol. The lowest BCUT2D eigenvalue weighted by molar-refractivity contribution is 0.0698. The molecule has 3 nitrogen and oxygen atoms in total. The molecule has 0 aliphatic carbocycles. The molecule has 1 rings (SSSR count). The molecule has 16 heavy (non-hydrogen) atoms. The molecule has 0 atom stereocenters. The minimum Gasteiger partial charge on any atom is -0.478 e.